The fourth-order valence-corrected chi connectivity index (χ4v) is 3.89. The van der Waals surface area contributed by atoms with Crippen LogP contribution in [0.5, 0.6) is 0 Å². The van der Waals surface area contributed by atoms with Crippen molar-refractivity contribution in [2.45, 2.75) is 50.5 Å². The minimum absolute atomic E-state index is 0.130. The van der Waals surface area contributed by atoms with Gasteiger partial charge in [-0.15, -0.1) is 0 Å². The fraction of sp³-hybridized carbons (Fsp3) is 0.533. The largest absolute Gasteiger partial charge is 0.353 e. The highest BCUT2D eigenvalue weighted by Gasteiger charge is 2.41. The molecule has 0 radical (unpaired) electrons. The third kappa shape index (κ3) is 1.89. The van der Waals surface area contributed by atoms with Gasteiger partial charge in [0.2, 0.25) is 5.91 Å². The first-order valence-corrected chi connectivity index (χ1v) is 7.36. The maximum Gasteiger partial charge on any atom is 0.220 e. The van der Waals surface area contributed by atoms with E-state index in [1.54, 1.807) is 0 Å². The van der Waals surface area contributed by atoms with Gasteiger partial charge in [0.05, 0.1) is 0 Å². The summed E-state index contributed by atoms with van der Waals surface area (Å²) in [6, 6.07) is 6.92. The molecule has 18 heavy (non-hydrogen) atoms. The number of nitrogens with one attached hydrogen (secondary N) is 1. The van der Waals surface area contributed by atoms with Crippen molar-refractivity contribution in [1.82, 2.24) is 5.32 Å². The van der Waals surface area contributed by atoms with E-state index in [4.69, 9.17) is 0 Å². The zero-order valence-corrected chi connectivity index (χ0v) is 12.4. The molecule has 0 spiro atoms. The highest BCUT2D eigenvalue weighted by Crippen LogP contribution is 2.46. The molecule has 1 fully saturated rings. The summed E-state index contributed by atoms with van der Waals surface area (Å²) in [6.45, 7) is 4.55. The minimum atomic E-state index is 0.130. The molecular weight excluding hydrogens is 290 g/mol. The van der Waals surface area contributed by atoms with Gasteiger partial charge in [-0.05, 0) is 41.5 Å². The first-order chi connectivity index (χ1) is 8.47. The highest BCUT2D eigenvalue weighted by molar-refractivity contribution is 9.10. The van der Waals surface area contributed by atoms with E-state index in [9.17, 15) is 4.79 Å². The molecule has 0 saturated carbocycles. The average molecular weight is 308 g/mol. The molecule has 1 aromatic rings. The maximum atomic E-state index is 11.6. The average Bonchev–Trinajstić information content (AvgIpc) is 2.28. The standard InChI is InChI=1S/C15H18BrNO/c1-15(2)8-13-11(5-6-14(18)17-13)10-4-3-9(16)7-12(10)15/h3-4,7,11,13H,5-6,8H2,1-2H3,(H,17,18)/t11-,13-/m0/s1. The first kappa shape index (κ1) is 12.2. The van der Waals surface area contributed by atoms with Crippen molar-refractivity contribution in [3.63, 3.8) is 0 Å². The molecule has 3 heteroatoms. The molecule has 1 N–H and O–H groups in total. The highest BCUT2D eigenvalue weighted by atomic mass is 79.9. The molecular formula is C15H18BrNO. The van der Waals surface area contributed by atoms with E-state index in [0.29, 0.717) is 18.4 Å². The van der Waals surface area contributed by atoms with E-state index in [1.807, 2.05) is 0 Å². The zero-order chi connectivity index (χ0) is 12.9. The van der Waals surface area contributed by atoms with E-state index in [0.717, 1.165) is 17.3 Å². The Morgan fingerprint density at radius 3 is 2.94 bits per heavy atom. The molecule has 2 aliphatic rings. The number of rotatable bonds is 0. The van der Waals surface area contributed by atoms with Gasteiger partial charge in [-0.1, -0.05) is 35.8 Å². The third-order valence-corrected chi connectivity index (χ3v) is 4.88. The van der Waals surface area contributed by atoms with Crippen LogP contribution in [0, 0.1) is 0 Å². The number of fused-ring (bicyclic) bond motifs is 3. The Kier molecular flexibility index (Phi) is 2.77. The zero-order valence-electron chi connectivity index (χ0n) is 10.8. The first-order valence-electron chi connectivity index (χ1n) is 6.57. The van der Waals surface area contributed by atoms with E-state index in [-0.39, 0.29) is 11.3 Å². The lowest BCUT2D eigenvalue weighted by Crippen LogP contribution is -2.49. The van der Waals surface area contributed by atoms with Crippen LogP contribution in [0.3, 0.4) is 0 Å². The van der Waals surface area contributed by atoms with Crippen molar-refractivity contribution in [3.8, 4) is 0 Å². The molecule has 3 rings (SSSR count). The Morgan fingerprint density at radius 1 is 1.39 bits per heavy atom. The SMILES string of the molecule is CC1(C)C[C@@H]2NC(=O)CC[C@H]2c2ccc(Br)cc21. The van der Waals surface area contributed by atoms with Crippen LogP contribution in [0.15, 0.2) is 22.7 Å². The molecule has 1 aliphatic carbocycles. The summed E-state index contributed by atoms with van der Waals surface area (Å²) < 4.78 is 1.15. The summed E-state index contributed by atoms with van der Waals surface area (Å²) in [4.78, 5) is 11.6. The lowest BCUT2D eigenvalue weighted by atomic mass is 9.64. The van der Waals surface area contributed by atoms with Crippen molar-refractivity contribution < 1.29 is 4.79 Å². The van der Waals surface area contributed by atoms with Crippen molar-refractivity contribution >= 4 is 21.8 Å². The monoisotopic (exact) mass is 307 g/mol. The number of hydrogen-bond donors (Lipinski definition) is 1. The molecule has 2 atom stereocenters. The van der Waals surface area contributed by atoms with Gasteiger partial charge in [0.15, 0.2) is 0 Å². The van der Waals surface area contributed by atoms with Gasteiger partial charge in [0.1, 0.15) is 0 Å². The number of benzene rings is 1. The number of carbonyl (C=O) groups is 1. The van der Waals surface area contributed by atoms with Crippen molar-refractivity contribution in [2.75, 3.05) is 0 Å². The van der Waals surface area contributed by atoms with Gasteiger partial charge in [-0.2, -0.15) is 0 Å². The van der Waals surface area contributed by atoms with Crippen LogP contribution in [-0.4, -0.2) is 11.9 Å². The summed E-state index contributed by atoms with van der Waals surface area (Å²) in [5.74, 6) is 0.714. The van der Waals surface area contributed by atoms with E-state index in [1.165, 1.54) is 11.1 Å². The van der Waals surface area contributed by atoms with E-state index in [2.05, 4.69) is 53.3 Å². The van der Waals surface area contributed by atoms with Crippen molar-refractivity contribution in [2.24, 2.45) is 0 Å². The summed E-state index contributed by atoms with van der Waals surface area (Å²) >= 11 is 3.57. The molecule has 1 amide bonds. The van der Waals surface area contributed by atoms with Crippen LogP contribution in [0.1, 0.15) is 50.2 Å². The molecule has 1 saturated heterocycles. The van der Waals surface area contributed by atoms with E-state index >= 15 is 0 Å². The Bertz CT molecular complexity index is 509. The summed E-state index contributed by atoms with van der Waals surface area (Å²) in [7, 11) is 0. The third-order valence-electron chi connectivity index (χ3n) is 4.39. The molecule has 1 aliphatic heterocycles. The predicted molar refractivity (Wildman–Crippen MR) is 75.7 cm³/mol. The summed E-state index contributed by atoms with van der Waals surface area (Å²) in [6.07, 6.45) is 2.69. The van der Waals surface area contributed by atoms with Gasteiger partial charge in [-0.3, -0.25) is 4.79 Å². The number of piperidine rings is 1. The quantitative estimate of drug-likeness (QED) is 0.781. The van der Waals surface area contributed by atoms with Gasteiger partial charge in [0, 0.05) is 22.9 Å². The van der Waals surface area contributed by atoms with Crippen LogP contribution in [0.4, 0.5) is 0 Å². The number of amides is 1. The maximum absolute atomic E-state index is 11.6. The van der Waals surface area contributed by atoms with Crippen LogP contribution in [0.2, 0.25) is 0 Å². The van der Waals surface area contributed by atoms with Gasteiger partial charge in [0.25, 0.3) is 0 Å². The van der Waals surface area contributed by atoms with Crippen LogP contribution in [-0.2, 0) is 10.2 Å². The molecule has 0 aromatic heterocycles. The van der Waals surface area contributed by atoms with E-state index < -0.39 is 0 Å². The Labute approximate surface area is 116 Å². The van der Waals surface area contributed by atoms with Gasteiger partial charge >= 0.3 is 0 Å². The fourth-order valence-electron chi connectivity index (χ4n) is 3.53. The number of halogens is 1. The smallest absolute Gasteiger partial charge is 0.220 e. The molecule has 1 aromatic carbocycles. The Hall–Kier alpha value is -0.830. The van der Waals surface area contributed by atoms with Crippen molar-refractivity contribution in [3.05, 3.63) is 33.8 Å². The second-order valence-corrected chi connectivity index (χ2v) is 7.05. The lowest BCUT2D eigenvalue weighted by Gasteiger charge is -2.45. The van der Waals surface area contributed by atoms with Crippen LogP contribution in [0.25, 0.3) is 0 Å². The lowest BCUT2D eigenvalue weighted by molar-refractivity contribution is -0.124. The number of hydrogen-bond acceptors (Lipinski definition) is 1. The molecule has 96 valence electrons. The summed E-state index contributed by atoms with van der Waals surface area (Å²) in [5.41, 5.74) is 3.00. The molecule has 2 nitrogen and oxygen atoms in total. The normalized spacial score (nSPS) is 29.2. The van der Waals surface area contributed by atoms with Gasteiger partial charge in [-0.25, -0.2) is 0 Å². The van der Waals surface area contributed by atoms with Gasteiger partial charge < -0.3 is 5.32 Å². The Balaban J connectivity index is 2.09. The minimum Gasteiger partial charge on any atom is -0.353 e. The number of carbonyl (C=O) groups excluding carboxylic acids is 1. The van der Waals surface area contributed by atoms with Crippen LogP contribution >= 0.6 is 15.9 Å². The summed E-state index contributed by atoms with van der Waals surface area (Å²) in [5, 5.41) is 3.18. The van der Waals surface area contributed by atoms with Crippen molar-refractivity contribution in [1.29, 1.82) is 0 Å². The van der Waals surface area contributed by atoms with Crippen LogP contribution < -0.4 is 5.32 Å². The molecule has 0 bridgehead atoms. The molecule has 1 heterocycles. The second-order valence-electron chi connectivity index (χ2n) is 6.14. The second kappa shape index (κ2) is 4.09. The Morgan fingerprint density at radius 2 is 2.17 bits per heavy atom. The predicted octanol–water partition coefficient (Wildman–Crippen LogP) is 3.49. The molecule has 0 unspecified atom stereocenters. The topological polar surface area (TPSA) is 29.1 Å².